The summed E-state index contributed by atoms with van der Waals surface area (Å²) >= 11 is 0. The summed E-state index contributed by atoms with van der Waals surface area (Å²) in [5.74, 6) is 0.0446. The van der Waals surface area contributed by atoms with Crippen LogP contribution in [0.25, 0.3) is 22.3 Å². The highest BCUT2D eigenvalue weighted by atomic mass is 32.2. The number of rotatable bonds is 13. The van der Waals surface area contributed by atoms with E-state index in [1.807, 2.05) is 30.3 Å². The quantitative estimate of drug-likeness (QED) is 0.181. The van der Waals surface area contributed by atoms with E-state index in [2.05, 4.69) is 0 Å². The van der Waals surface area contributed by atoms with E-state index in [0.29, 0.717) is 11.1 Å². The predicted molar refractivity (Wildman–Crippen MR) is 168 cm³/mol. The van der Waals surface area contributed by atoms with E-state index in [1.54, 1.807) is 18.2 Å². The number of hydrogen-bond donors (Lipinski definition) is 0. The fraction of sp³-hybridized carbons (Fsp3) is 0.200. The van der Waals surface area contributed by atoms with Crippen LogP contribution in [0.1, 0.15) is 5.56 Å². The van der Waals surface area contributed by atoms with Gasteiger partial charge in [0.15, 0.2) is 28.7 Å². The van der Waals surface area contributed by atoms with Crippen molar-refractivity contribution in [3.63, 3.8) is 0 Å². The smallest absolute Gasteiger partial charge is 0.306 e. The van der Waals surface area contributed by atoms with Gasteiger partial charge in [-0.05, 0) is 47.0 Å². The summed E-state index contributed by atoms with van der Waals surface area (Å²) in [6.07, 6.45) is 2.66. The first-order chi connectivity index (χ1) is 21.1. The van der Waals surface area contributed by atoms with E-state index >= 15 is 0 Å². The lowest BCUT2D eigenvalue weighted by atomic mass is 9.96. The summed E-state index contributed by atoms with van der Waals surface area (Å²) < 4.78 is 105. The van der Waals surface area contributed by atoms with Crippen molar-refractivity contribution in [3.8, 4) is 56.8 Å². The van der Waals surface area contributed by atoms with Gasteiger partial charge in [-0.15, -0.1) is 0 Å². The Labute approximate surface area is 262 Å². The average molecular weight is 679 g/mol. The lowest BCUT2D eigenvalue weighted by Gasteiger charge is -2.21. The van der Waals surface area contributed by atoms with Crippen LogP contribution in [-0.4, -0.2) is 58.2 Å². The Hall–Kier alpha value is -4.47. The molecule has 0 heterocycles. The van der Waals surface area contributed by atoms with Gasteiger partial charge in [-0.3, -0.25) is 0 Å². The van der Waals surface area contributed by atoms with Crippen molar-refractivity contribution in [3.05, 3.63) is 84.4 Å². The fourth-order valence-electron chi connectivity index (χ4n) is 4.34. The van der Waals surface area contributed by atoms with Gasteiger partial charge in [0, 0.05) is 5.56 Å². The van der Waals surface area contributed by atoms with Crippen LogP contribution < -0.4 is 26.8 Å². The third-order valence-electron chi connectivity index (χ3n) is 5.97. The number of hydrogen-bond acceptors (Lipinski definition) is 12. The maximum atomic E-state index is 12.4. The minimum absolute atomic E-state index is 0.0494. The minimum atomic E-state index is -4.10. The van der Waals surface area contributed by atoms with E-state index < -0.39 is 30.4 Å². The van der Waals surface area contributed by atoms with Crippen LogP contribution >= 0.6 is 0 Å². The topological polar surface area (TPSA) is 158 Å². The van der Waals surface area contributed by atoms with Crippen LogP contribution in [0.2, 0.25) is 0 Å². The largest absolute Gasteiger partial charge is 0.492 e. The Morgan fingerprint density at radius 2 is 1.11 bits per heavy atom. The molecule has 0 fully saturated rings. The standard InChI is InChI=1S/C30H30O12S3/c1-37-29-24(21-11-14-23(15-12-21)40-43(3,31)32)18-27(42-45(5,35)36)28(30(29)38-2)22-13-16-25(26(17-22)41-44(4,33)34)39-19-20-9-7-6-8-10-20/h6-18H,19H2,1-5H3. The summed E-state index contributed by atoms with van der Waals surface area (Å²) in [6.45, 7) is 0.114. The van der Waals surface area contributed by atoms with Gasteiger partial charge in [-0.2, -0.15) is 25.3 Å². The number of methoxy groups -OCH3 is 2. The minimum Gasteiger partial charge on any atom is -0.492 e. The van der Waals surface area contributed by atoms with Gasteiger partial charge < -0.3 is 26.8 Å². The van der Waals surface area contributed by atoms with Crippen molar-refractivity contribution in [2.45, 2.75) is 6.61 Å². The highest BCUT2D eigenvalue weighted by molar-refractivity contribution is 7.86. The van der Waals surface area contributed by atoms with Crippen LogP contribution in [0.3, 0.4) is 0 Å². The van der Waals surface area contributed by atoms with Crippen molar-refractivity contribution in [2.75, 3.05) is 33.0 Å². The first kappa shape index (κ1) is 33.4. The Morgan fingerprint density at radius 1 is 0.556 bits per heavy atom. The summed E-state index contributed by atoms with van der Waals surface area (Å²) in [4.78, 5) is 0. The molecule has 0 bridgehead atoms. The lowest BCUT2D eigenvalue weighted by Crippen LogP contribution is -2.09. The molecule has 4 aromatic carbocycles. The van der Waals surface area contributed by atoms with Gasteiger partial charge >= 0.3 is 30.4 Å². The van der Waals surface area contributed by atoms with Crippen LogP contribution in [-0.2, 0) is 37.0 Å². The average Bonchev–Trinajstić information content (AvgIpc) is 2.94. The molecule has 4 aromatic rings. The zero-order valence-corrected chi connectivity index (χ0v) is 27.3. The van der Waals surface area contributed by atoms with Gasteiger partial charge in [0.25, 0.3) is 0 Å². The molecule has 4 rings (SSSR count). The third-order valence-corrected chi connectivity index (χ3v) is 7.43. The Bertz CT molecular complexity index is 2010. The molecule has 45 heavy (non-hydrogen) atoms. The lowest BCUT2D eigenvalue weighted by molar-refractivity contribution is 0.296. The van der Waals surface area contributed by atoms with E-state index in [4.69, 9.17) is 26.8 Å². The summed E-state index contributed by atoms with van der Waals surface area (Å²) in [6, 6.07) is 20.9. The van der Waals surface area contributed by atoms with Crippen molar-refractivity contribution in [1.29, 1.82) is 0 Å². The first-order valence-electron chi connectivity index (χ1n) is 13.0. The highest BCUT2D eigenvalue weighted by Gasteiger charge is 2.27. The second-order valence-corrected chi connectivity index (χ2v) is 14.4. The second-order valence-electron chi connectivity index (χ2n) is 9.69. The third kappa shape index (κ3) is 9.03. The molecule has 0 N–H and O–H groups in total. The molecule has 0 aliphatic rings. The summed E-state index contributed by atoms with van der Waals surface area (Å²) in [5.41, 5.74) is 1.99. The molecule has 0 radical (unpaired) electrons. The van der Waals surface area contributed by atoms with Gasteiger partial charge in [0.2, 0.25) is 0 Å². The highest BCUT2D eigenvalue weighted by Crippen LogP contribution is 2.51. The number of benzene rings is 4. The van der Waals surface area contributed by atoms with E-state index in [0.717, 1.165) is 24.3 Å². The zero-order valence-electron chi connectivity index (χ0n) is 24.8. The van der Waals surface area contributed by atoms with Gasteiger partial charge in [0.05, 0.1) is 38.6 Å². The van der Waals surface area contributed by atoms with Crippen molar-refractivity contribution in [1.82, 2.24) is 0 Å². The molecule has 240 valence electrons. The zero-order chi connectivity index (χ0) is 33.0. The van der Waals surface area contributed by atoms with Crippen LogP contribution in [0.5, 0.6) is 34.5 Å². The molecule has 0 unspecified atom stereocenters. The Balaban J connectivity index is 1.91. The monoisotopic (exact) mass is 678 g/mol. The van der Waals surface area contributed by atoms with Gasteiger partial charge in [-0.1, -0.05) is 48.5 Å². The maximum absolute atomic E-state index is 12.4. The molecule has 0 aromatic heterocycles. The second kappa shape index (κ2) is 13.3. The van der Waals surface area contributed by atoms with Crippen molar-refractivity contribution < 1.29 is 52.0 Å². The number of ether oxygens (including phenoxy) is 3. The van der Waals surface area contributed by atoms with E-state index in [9.17, 15) is 25.3 Å². The van der Waals surface area contributed by atoms with Crippen LogP contribution in [0.15, 0.2) is 78.9 Å². The Kier molecular flexibility index (Phi) is 9.85. The molecule has 0 saturated heterocycles. The molecule has 0 atom stereocenters. The molecule has 15 heteroatoms. The molecular formula is C30H30O12S3. The van der Waals surface area contributed by atoms with Crippen LogP contribution in [0.4, 0.5) is 0 Å². The summed E-state index contributed by atoms with van der Waals surface area (Å²) in [7, 11) is -9.17. The van der Waals surface area contributed by atoms with Crippen molar-refractivity contribution >= 4 is 30.4 Å². The molecular weight excluding hydrogens is 649 g/mol. The van der Waals surface area contributed by atoms with Crippen LogP contribution in [0, 0.1) is 0 Å². The van der Waals surface area contributed by atoms with Crippen molar-refractivity contribution in [2.24, 2.45) is 0 Å². The first-order valence-corrected chi connectivity index (χ1v) is 18.4. The predicted octanol–water partition coefficient (Wildman–Crippen LogP) is 4.63. The van der Waals surface area contributed by atoms with E-state index in [-0.39, 0.29) is 52.2 Å². The molecule has 0 spiro atoms. The molecule has 0 aliphatic carbocycles. The maximum Gasteiger partial charge on any atom is 0.306 e. The molecule has 0 amide bonds. The molecule has 0 saturated carbocycles. The summed E-state index contributed by atoms with van der Waals surface area (Å²) in [5, 5.41) is 0. The molecule has 0 aliphatic heterocycles. The Morgan fingerprint density at radius 3 is 1.67 bits per heavy atom. The normalized spacial score (nSPS) is 11.8. The van der Waals surface area contributed by atoms with Gasteiger partial charge in [-0.25, -0.2) is 0 Å². The van der Waals surface area contributed by atoms with Gasteiger partial charge in [0.1, 0.15) is 12.4 Å². The van der Waals surface area contributed by atoms with E-state index in [1.165, 1.54) is 44.6 Å². The fourth-order valence-corrected chi connectivity index (χ4v) is 5.72. The molecule has 12 nitrogen and oxygen atoms in total. The SMILES string of the molecule is COc1c(-c2ccc(OS(C)(=O)=O)cc2)cc(OS(C)(=O)=O)c(-c2ccc(OCc3ccccc3)c(OS(C)(=O)=O)c2)c1OC.